The zero-order valence-electron chi connectivity index (χ0n) is 8.37. The summed E-state index contributed by atoms with van der Waals surface area (Å²) in [7, 11) is 0. The van der Waals surface area contributed by atoms with Crippen molar-refractivity contribution in [3.63, 3.8) is 0 Å². The average Bonchev–Trinajstić information content (AvgIpc) is 2.22. The van der Waals surface area contributed by atoms with Gasteiger partial charge in [-0.05, 0) is 79.9 Å². The van der Waals surface area contributed by atoms with Crippen LogP contribution in [0.15, 0.2) is 12.1 Å². The first-order valence-electron chi connectivity index (χ1n) is 4.45. The third-order valence-electron chi connectivity index (χ3n) is 1.76. The van der Waals surface area contributed by atoms with E-state index >= 15 is 0 Å². The lowest BCUT2D eigenvalue weighted by molar-refractivity contribution is -0.137. The lowest BCUT2D eigenvalue weighted by atomic mass is 10.2. The highest BCUT2D eigenvalue weighted by Gasteiger charge is 2.15. The number of ether oxygens (including phenoxy) is 1. The number of hydrogen-bond donors (Lipinski definition) is 1. The Balaban J connectivity index is 2.78. The predicted octanol–water partition coefficient (Wildman–Crippen LogP) is 3.13. The van der Waals surface area contributed by atoms with Gasteiger partial charge in [-0.1, -0.05) is 0 Å². The summed E-state index contributed by atoms with van der Waals surface area (Å²) in [4.78, 5) is 22.0. The summed E-state index contributed by atoms with van der Waals surface area (Å²) in [5.74, 6) is -1.46. The van der Waals surface area contributed by atoms with Crippen molar-refractivity contribution in [1.82, 2.24) is 0 Å². The van der Waals surface area contributed by atoms with Gasteiger partial charge in [0.25, 0.3) is 0 Å². The van der Waals surface area contributed by atoms with E-state index in [9.17, 15) is 9.59 Å². The second kappa shape index (κ2) is 7.07. The maximum atomic E-state index is 11.7. The number of rotatable bonds is 4. The van der Waals surface area contributed by atoms with E-state index < -0.39 is 11.9 Å². The quantitative estimate of drug-likeness (QED) is 0.343. The minimum atomic E-state index is -0.982. The molecule has 0 aliphatic heterocycles. The summed E-state index contributed by atoms with van der Waals surface area (Å²) >= 11 is 6.34. The van der Waals surface area contributed by atoms with E-state index in [4.69, 9.17) is 9.84 Å². The van der Waals surface area contributed by atoms with Crippen LogP contribution >= 0.6 is 67.8 Å². The second-order valence-corrected chi connectivity index (χ2v) is 6.52. The molecule has 0 amide bonds. The molecule has 0 aromatic heterocycles. The highest BCUT2D eigenvalue weighted by Crippen LogP contribution is 2.23. The lowest BCUT2D eigenvalue weighted by Crippen LogP contribution is -2.11. The van der Waals surface area contributed by atoms with Gasteiger partial charge in [0, 0.05) is 10.7 Å². The first kappa shape index (κ1) is 15.4. The molecule has 0 saturated heterocycles. The van der Waals surface area contributed by atoms with E-state index in [1.807, 2.05) is 6.07 Å². The summed E-state index contributed by atoms with van der Waals surface area (Å²) in [6.45, 7) is -0.105. The van der Waals surface area contributed by atoms with Crippen molar-refractivity contribution >= 4 is 79.7 Å². The summed E-state index contributed by atoms with van der Waals surface area (Å²) in [6.07, 6.45) is -0.177. The van der Waals surface area contributed by atoms with Crippen LogP contribution in [0, 0.1) is 10.7 Å². The normalized spacial score (nSPS) is 10.1. The highest BCUT2D eigenvalue weighted by molar-refractivity contribution is 14.1. The molecular weight excluding hydrogens is 565 g/mol. The largest absolute Gasteiger partial charge is 0.481 e. The predicted molar refractivity (Wildman–Crippen MR) is 87.1 cm³/mol. The van der Waals surface area contributed by atoms with Gasteiger partial charge in [-0.15, -0.1) is 0 Å². The van der Waals surface area contributed by atoms with E-state index in [-0.39, 0.29) is 13.0 Å². The van der Waals surface area contributed by atoms with Crippen LogP contribution in [0.5, 0.6) is 0 Å². The second-order valence-electron chi connectivity index (χ2n) is 3.03. The topological polar surface area (TPSA) is 63.6 Å². The number of carbonyl (C=O) groups excluding carboxylic acids is 1. The smallest absolute Gasteiger partial charge is 0.339 e. The van der Waals surface area contributed by atoms with E-state index in [1.54, 1.807) is 6.07 Å². The van der Waals surface area contributed by atoms with Gasteiger partial charge in [0.1, 0.15) is 6.61 Å². The van der Waals surface area contributed by atoms with Crippen LogP contribution in [0.4, 0.5) is 0 Å². The molecule has 92 valence electrons. The van der Waals surface area contributed by atoms with Crippen molar-refractivity contribution in [2.45, 2.75) is 6.42 Å². The van der Waals surface area contributed by atoms with Crippen LogP contribution in [0.25, 0.3) is 0 Å². The van der Waals surface area contributed by atoms with E-state index in [0.29, 0.717) is 5.56 Å². The van der Waals surface area contributed by atoms with Crippen LogP contribution < -0.4 is 0 Å². The Hall–Kier alpha value is 0.350. The van der Waals surface area contributed by atoms with Crippen molar-refractivity contribution in [2.75, 3.05) is 6.61 Å². The molecule has 1 N–H and O–H groups in total. The monoisotopic (exact) mass is 572 g/mol. The van der Waals surface area contributed by atoms with Gasteiger partial charge in [0.05, 0.1) is 12.0 Å². The number of carbonyl (C=O) groups is 2. The zero-order valence-corrected chi connectivity index (χ0v) is 14.8. The van der Waals surface area contributed by atoms with Crippen molar-refractivity contribution in [1.29, 1.82) is 0 Å². The molecule has 7 heteroatoms. The molecule has 0 aliphatic carbocycles. The zero-order chi connectivity index (χ0) is 13.0. The third-order valence-corrected chi connectivity index (χ3v) is 5.43. The van der Waals surface area contributed by atoms with Crippen LogP contribution in [-0.2, 0) is 9.53 Å². The first-order valence-corrected chi connectivity index (χ1v) is 7.69. The SMILES string of the molecule is O=C(O)CCOC(=O)c1cc(I)cc(I)c1I. The molecule has 0 spiro atoms. The molecule has 0 radical (unpaired) electrons. The fraction of sp³-hybridized carbons (Fsp3) is 0.200. The van der Waals surface area contributed by atoms with Gasteiger partial charge in [0.15, 0.2) is 0 Å². The Labute approximate surface area is 139 Å². The van der Waals surface area contributed by atoms with Crippen molar-refractivity contribution in [3.05, 3.63) is 28.4 Å². The summed E-state index contributed by atoms with van der Waals surface area (Å²) in [6, 6.07) is 3.69. The number of carboxylic acids is 1. The summed E-state index contributed by atoms with van der Waals surface area (Å²) in [5.41, 5.74) is 0.479. The van der Waals surface area contributed by atoms with Crippen molar-refractivity contribution in [2.24, 2.45) is 0 Å². The maximum Gasteiger partial charge on any atom is 0.339 e. The Morgan fingerprint density at radius 1 is 1.24 bits per heavy atom. The van der Waals surface area contributed by atoms with Gasteiger partial charge in [-0.3, -0.25) is 4.79 Å². The minimum absolute atomic E-state index is 0.105. The van der Waals surface area contributed by atoms with Gasteiger partial charge in [-0.2, -0.15) is 0 Å². The van der Waals surface area contributed by atoms with Crippen LogP contribution in [0.2, 0.25) is 0 Å². The van der Waals surface area contributed by atoms with E-state index in [2.05, 4.69) is 67.8 Å². The fourth-order valence-electron chi connectivity index (χ4n) is 1.01. The standard InChI is InChI=1S/C10H7I3O4/c11-5-3-6(9(13)7(12)4-5)10(16)17-2-1-8(14)15/h3-4H,1-2H2,(H,14,15). The Kier molecular flexibility index (Phi) is 6.40. The van der Waals surface area contributed by atoms with Crippen molar-refractivity contribution in [3.8, 4) is 0 Å². The van der Waals surface area contributed by atoms with Gasteiger partial charge >= 0.3 is 11.9 Å². The fourth-order valence-corrected chi connectivity index (χ4v) is 3.39. The third kappa shape index (κ3) is 4.85. The van der Waals surface area contributed by atoms with E-state index in [0.717, 1.165) is 10.7 Å². The van der Waals surface area contributed by atoms with Crippen LogP contribution in [0.1, 0.15) is 16.8 Å². The number of carboxylic acid groups (broad SMARTS) is 1. The lowest BCUT2D eigenvalue weighted by Gasteiger charge is -2.07. The number of hydrogen-bond acceptors (Lipinski definition) is 3. The minimum Gasteiger partial charge on any atom is -0.481 e. The molecule has 0 atom stereocenters. The molecule has 0 aliphatic rings. The Morgan fingerprint density at radius 3 is 2.47 bits per heavy atom. The van der Waals surface area contributed by atoms with E-state index in [1.165, 1.54) is 0 Å². The Bertz CT molecular complexity index is 459. The Morgan fingerprint density at radius 2 is 1.88 bits per heavy atom. The molecule has 17 heavy (non-hydrogen) atoms. The molecule has 0 fully saturated rings. The maximum absolute atomic E-state index is 11.7. The molecule has 1 aromatic rings. The average molecular weight is 572 g/mol. The number of esters is 1. The summed E-state index contributed by atoms with van der Waals surface area (Å²) in [5, 5.41) is 8.44. The number of halogens is 3. The molecule has 4 nitrogen and oxygen atoms in total. The van der Waals surface area contributed by atoms with Crippen LogP contribution in [0.3, 0.4) is 0 Å². The number of benzene rings is 1. The molecule has 1 rings (SSSR count). The first-order chi connectivity index (χ1) is 7.91. The van der Waals surface area contributed by atoms with Gasteiger partial charge in [-0.25, -0.2) is 4.79 Å². The van der Waals surface area contributed by atoms with Gasteiger partial charge in [0.2, 0.25) is 0 Å². The molecule has 0 heterocycles. The molecule has 1 aromatic carbocycles. The highest BCUT2D eigenvalue weighted by atomic mass is 127. The molecule has 0 saturated carbocycles. The molecule has 0 bridgehead atoms. The van der Waals surface area contributed by atoms with Crippen LogP contribution in [-0.4, -0.2) is 23.7 Å². The van der Waals surface area contributed by atoms with Gasteiger partial charge < -0.3 is 9.84 Å². The molecular formula is C10H7I3O4. The summed E-state index contributed by atoms with van der Waals surface area (Å²) < 4.78 is 7.64. The number of aliphatic carboxylic acids is 1. The van der Waals surface area contributed by atoms with Crippen molar-refractivity contribution < 1.29 is 19.4 Å². The molecule has 0 unspecified atom stereocenters.